The molecule has 0 fully saturated rings. The zero-order chi connectivity index (χ0) is 24.5. The van der Waals surface area contributed by atoms with Gasteiger partial charge < -0.3 is 25.6 Å². The zero-order valence-corrected chi connectivity index (χ0v) is 19.9. The smallest absolute Gasteiger partial charge is 0.214 e. The Morgan fingerprint density at radius 1 is 1.18 bits per heavy atom. The minimum absolute atomic E-state index is 0.0402. The molecule has 0 saturated carbocycles. The Hall–Kier alpha value is -3.53. The van der Waals surface area contributed by atoms with E-state index in [0.29, 0.717) is 62.6 Å². The average molecular weight is 481 g/mol. The van der Waals surface area contributed by atoms with Crippen molar-refractivity contribution >= 4 is 28.6 Å². The largest absolute Gasteiger partial charge is 0.457 e. The van der Waals surface area contributed by atoms with E-state index in [0.717, 1.165) is 0 Å². The molecule has 1 aromatic heterocycles. The van der Waals surface area contributed by atoms with Gasteiger partial charge in [-0.05, 0) is 38.1 Å². The molecule has 0 atom stereocenters. The van der Waals surface area contributed by atoms with Crippen LogP contribution in [-0.4, -0.2) is 43.1 Å². The van der Waals surface area contributed by atoms with Gasteiger partial charge >= 0.3 is 0 Å². The molecule has 0 saturated heterocycles. The summed E-state index contributed by atoms with van der Waals surface area (Å²) >= 11 is 0.442. The van der Waals surface area contributed by atoms with Gasteiger partial charge in [0, 0.05) is 35.4 Å². The van der Waals surface area contributed by atoms with Gasteiger partial charge in [-0.2, -0.15) is 0 Å². The molecule has 0 bridgehead atoms. The van der Waals surface area contributed by atoms with Gasteiger partial charge in [0.2, 0.25) is 6.41 Å². The second-order valence-electron chi connectivity index (χ2n) is 7.41. The number of hydrogen-bond donors (Lipinski definition) is 4. The molecule has 0 radical (unpaired) electrons. The molecule has 178 valence electrons. The number of nitrogens with zero attached hydrogens (tertiary/aromatic N) is 3. The maximum absolute atomic E-state index is 11.9. The van der Waals surface area contributed by atoms with Gasteiger partial charge in [-0.3, -0.25) is 4.79 Å². The van der Waals surface area contributed by atoms with Crippen molar-refractivity contribution in [3.05, 3.63) is 88.3 Å². The van der Waals surface area contributed by atoms with Crippen LogP contribution in [0.4, 0.5) is 5.82 Å². The summed E-state index contributed by atoms with van der Waals surface area (Å²) in [4.78, 5) is 22.3. The summed E-state index contributed by atoms with van der Waals surface area (Å²) in [6.45, 7) is 3.52. The van der Waals surface area contributed by atoms with E-state index < -0.39 is 0 Å². The molecule has 0 aliphatic rings. The Labute approximate surface area is 202 Å². The third kappa shape index (κ3) is 6.50. The molecule has 1 heterocycles. The highest BCUT2D eigenvalue weighted by molar-refractivity contribution is 8.02. The SMILES string of the molecule is C/C(=C(CCO)/[SH]=C(\O)c1ccccc1Oc1ccccc1)N(C=O)Cc1cnc(C)nc1N. The van der Waals surface area contributed by atoms with Gasteiger partial charge in [0.05, 0.1) is 12.1 Å². The highest BCUT2D eigenvalue weighted by Gasteiger charge is 2.15. The summed E-state index contributed by atoms with van der Waals surface area (Å²) in [6, 6.07) is 16.4. The first kappa shape index (κ1) is 25.1. The predicted molar refractivity (Wildman–Crippen MR) is 136 cm³/mol. The quantitative estimate of drug-likeness (QED) is 0.197. The van der Waals surface area contributed by atoms with Crippen LogP contribution < -0.4 is 10.5 Å². The van der Waals surface area contributed by atoms with E-state index in [9.17, 15) is 15.0 Å². The number of benzene rings is 2. The van der Waals surface area contributed by atoms with Crippen LogP contribution >= 0.6 is 11.4 Å². The first-order chi connectivity index (χ1) is 16.4. The number of carbonyl (C=O) groups is 1. The number of anilines is 1. The highest BCUT2D eigenvalue weighted by atomic mass is 32.1. The summed E-state index contributed by atoms with van der Waals surface area (Å²) in [7, 11) is 0. The van der Waals surface area contributed by atoms with E-state index in [2.05, 4.69) is 9.97 Å². The fraction of sp³-hybridized carbons (Fsp3) is 0.200. The number of aliphatic hydroxyl groups excluding tert-OH is 2. The van der Waals surface area contributed by atoms with E-state index in [1.54, 1.807) is 38.2 Å². The molecule has 3 aromatic rings. The normalized spacial score (nSPS) is 12.4. The second kappa shape index (κ2) is 12.1. The lowest BCUT2D eigenvalue weighted by atomic mass is 10.2. The van der Waals surface area contributed by atoms with E-state index in [1.807, 2.05) is 36.4 Å². The third-order valence-corrected chi connectivity index (χ3v) is 6.29. The number of aromatic nitrogens is 2. The number of aliphatic hydroxyl groups is 2. The minimum Gasteiger partial charge on any atom is -0.457 e. The van der Waals surface area contributed by atoms with Gasteiger partial charge in [-0.25, -0.2) is 9.97 Å². The number of carbonyl (C=O) groups excluding carboxylic acids is 1. The van der Waals surface area contributed by atoms with Crippen LogP contribution in [0.25, 0.3) is 0 Å². The third-order valence-electron chi connectivity index (χ3n) is 5.02. The summed E-state index contributed by atoms with van der Waals surface area (Å²) in [5, 5.41) is 20.7. The number of nitrogen functional groups attached to an aromatic ring is 1. The lowest BCUT2D eigenvalue weighted by molar-refractivity contribution is -0.116. The van der Waals surface area contributed by atoms with Gasteiger partial charge in [0.25, 0.3) is 0 Å². The average Bonchev–Trinajstić information content (AvgIpc) is 2.84. The van der Waals surface area contributed by atoms with Gasteiger partial charge in [0.15, 0.2) is 0 Å². The van der Waals surface area contributed by atoms with Crippen LogP contribution in [-0.2, 0) is 11.3 Å². The van der Waals surface area contributed by atoms with Crippen LogP contribution in [0.5, 0.6) is 11.5 Å². The van der Waals surface area contributed by atoms with Crippen molar-refractivity contribution in [3.63, 3.8) is 0 Å². The van der Waals surface area contributed by atoms with Gasteiger partial charge in [0.1, 0.15) is 28.2 Å². The molecule has 0 aliphatic heterocycles. The fourth-order valence-electron chi connectivity index (χ4n) is 3.19. The number of aryl methyl sites for hydroxylation is 1. The first-order valence-electron chi connectivity index (χ1n) is 10.6. The first-order valence-corrected chi connectivity index (χ1v) is 11.5. The molecular formula is C25H28N4O4S. The number of allylic oxidation sites excluding steroid dienone is 1. The van der Waals surface area contributed by atoms with E-state index in [4.69, 9.17) is 10.5 Å². The predicted octanol–water partition coefficient (Wildman–Crippen LogP) is 3.93. The molecule has 9 heteroatoms. The van der Waals surface area contributed by atoms with Crippen molar-refractivity contribution in [1.82, 2.24) is 14.9 Å². The lowest BCUT2D eigenvalue weighted by Crippen LogP contribution is -2.22. The number of para-hydroxylation sites is 2. The van der Waals surface area contributed by atoms with Crippen LogP contribution in [0.2, 0.25) is 0 Å². The zero-order valence-electron chi connectivity index (χ0n) is 19.0. The number of hydrogen-bond acceptors (Lipinski definition) is 6. The maximum Gasteiger partial charge on any atom is 0.214 e. The number of thiol groups is 1. The molecular weight excluding hydrogens is 452 g/mol. The van der Waals surface area contributed by atoms with E-state index in [-0.39, 0.29) is 24.6 Å². The Morgan fingerprint density at radius 3 is 2.56 bits per heavy atom. The van der Waals surface area contributed by atoms with E-state index in [1.165, 1.54) is 4.90 Å². The summed E-state index contributed by atoms with van der Waals surface area (Å²) < 4.78 is 5.96. The summed E-state index contributed by atoms with van der Waals surface area (Å²) in [5.41, 5.74) is 7.70. The number of amides is 1. The monoisotopic (exact) mass is 480 g/mol. The molecule has 8 nitrogen and oxygen atoms in total. The van der Waals surface area contributed by atoms with Crippen molar-refractivity contribution in [1.29, 1.82) is 0 Å². The fourth-order valence-corrected chi connectivity index (χ4v) is 4.25. The van der Waals surface area contributed by atoms with E-state index >= 15 is 0 Å². The van der Waals surface area contributed by atoms with Gasteiger partial charge in [-0.15, -0.1) is 11.4 Å². The highest BCUT2D eigenvalue weighted by Crippen LogP contribution is 2.29. The van der Waals surface area contributed by atoms with Crippen molar-refractivity contribution < 1.29 is 19.7 Å². The van der Waals surface area contributed by atoms with Gasteiger partial charge in [-0.1, -0.05) is 30.3 Å². The minimum atomic E-state index is -0.141. The molecule has 0 aliphatic carbocycles. The van der Waals surface area contributed by atoms with Crippen LogP contribution in [0.1, 0.15) is 30.3 Å². The van der Waals surface area contributed by atoms with Crippen molar-refractivity contribution in [3.8, 4) is 11.5 Å². The Morgan fingerprint density at radius 2 is 1.88 bits per heavy atom. The van der Waals surface area contributed by atoms with Crippen molar-refractivity contribution in [2.75, 3.05) is 12.3 Å². The molecule has 3 rings (SSSR count). The van der Waals surface area contributed by atoms with Crippen LogP contribution in [0, 0.1) is 6.92 Å². The number of nitrogens with two attached hydrogens (primary N) is 1. The molecule has 34 heavy (non-hydrogen) atoms. The summed E-state index contributed by atoms with van der Waals surface area (Å²) in [6.07, 6.45) is 2.54. The van der Waals surface area contributed by atoms with Crippen molar-refractivity contribution in [2.24, 2.45) is 0 Å². The second-order valence-corrected chi connectivity index (χ2v) is 8.60. The topological polar surface area (TPSA) is 122 Å². The molecule has 0 spiro atoms. The number of rotatable bonds is 10. The molecule has 2 aromatic carbocycles. The van der Waals surface area contributed by atoms with Crippen LogP contribution in [0.15, 0.2) is 71.4 Å². The number of ether oxygens (including phenoxy) is 1. The van der Waals surface area contributed by atoms with Crippen molar-refractivity contribution in [2.45, 2.75) is 26.8 Å². The summed E-state index contributed by atoms with van der Waals surface area (Å²) in [5.74, 6) is 1.99. The Kier molecular flexibility index (Phi) is 8.92. The standard InChI is InChI=1S/C25H28N4O4S/c1-17(29(16-31)15-19-14-27-18(2)28-24(19)26)23(12-13-30)34-25(32)21-10-6-7-11-22(21)33-20-8-4-3-5-9-20/h3-11,14,16,30,32,34H,12-13,15H2,1-2H3,(H2,26,27,28)/b23-17-. The lowest BCUT2D eigenvalue weighted by Gasteiger charge is -2.21. The van der Waals surface area contributed by atoms with Crippen LogP contribution in [0.3, 0.4) is 0 Å². The Balaban J connectivity index is 1.94. The molecule has 0 unspecified atom stereocenters. The Bertz CT molecular complexity index is 1200. The molecule has 4 N–H and O–H groups in total. The maximum atomic E-state index is 11.9. The molecule has 1 amide bonds.